The first kappa shape index (κ1) is 8.65. The maximum atomic E-state index is 9.68. The quantitative estimate of drug-likeness (QED) is 0.613. The zero-order chi connectivity index (χ0) is 9.26. The highest BCUT2D eigenvalue weighted by Crippen LogP contribution is 2.17. The predicted molar refractivity (Wildman–Crippen MR) is 47.3 cm³/mol. The van der Waals surface area contributed by atoms with Gasteiger partial charge in [0.1, 0.15) is 0 Å². The van der Waals surface area contributed by atoms with E-state index in [4.69, 9.17) is 0 Å². The minimum absolute atomic E-state index is 0.0856. The van der Waals surface area contributed by atoms with Crippen molar-refractivity contribution in [2.24, 2.45) is 0 Å². The van der Waals surface area contributed by atoms with Crippen molar-refractivity contribution in [2.45, 2.75) is 25.5 Å². The maximum Gasteiger partial charge on any atom is 0.0889 e. The molecule has 1 fully saturated rings. The number of β-amino-alcohol motifs (C(OH)–C–C–N with tert-alkyl or cyclic N) is 1. The van der Waals surface area contributed by atoms with Gasteiger partial charge in [0, 0.05) is 12.7 Å². The number of nitrogens with zero attached hydrogens (tertiary/aromatic N) is 3. The second-order valence-corrected chi connectivity index (χ2v) is 3.47. The van der Waals surface area contributed by atoms with Crippen LogP contribution in [-0.4, -0.2) is 39.3 Å². The molecule has 5 nitrogen and oxygen atoms in total. The summed E-state index contributed by atoms with van der Waals surface area (Å²) in [7, 11) is 0. The summed E-state index contributed by atoms with van der Waals surface area (Å²) < 4.78 is 1.76. The molecule has 2 heterocycles. The largest absolute Gasteiger partial charge is 0.390 e. The molecule has 1 unspecified atom stereocenters. The number of aliphatic hydroxyl groups is 1. The van der Waals surface area contributed by atoms with E-state index in [0.29, 0.717) is 6.54 Å². The third-order valence-electron chi connectivity index (χ3n) is 2.38. The van der Waals surface area contributed by atoms with Crippen molar-refractivity contribution in [3.63, 3.8) is 0 Å². The molecule has 2 rings (SSSR count). The fraction of sp³-hybridized carbons (Fsp3) is 0.750. The first-order chi connectivity index (χ1) is 6.27. The molecule has 0 amide bonds. The van der Waals surface area contributed by atoms with Gasteiger partial charge in [-0.25, -0.2) is 4.68 Å². The van der Waals surface area contributed by atoms with Crippen molar-refractivity contribution < 1.29 is 5.11 Å². The van der Waals surface area contributed by atoms with E-state index in [0.717, 1.165) is 18.7 Å². The van der Waals surface area contributed by atoms with E-state index in [9.17, 15) is 5.11 Å². The molecule has 1 aromatic heterocycles. The zero-order valence-electron chi connectivity index (χ0n) is 7.64. The Kier molecular flexibility index (Phi) is 2.28. The van der Waals surface area contributed by atoms with Gasteiger partial charge < -0.3 is 10.4 Å². The number of hydrogen-bond donors (Lipinski definition) is 2. The second kappa shape index (κ2) is 3.43. The Balaban J connectivity index is 2.14. The van der Waals surface area contributed by atoms with Gasteiger partial charge in [0.05, 0.1) is 17.8 Å². The summed E-state index contributed by atoms with van der Waals surface area (Å²) >= 11 is 0. The molecule has 0 bridgehead atoms. The fourth-order valence-corrected chi connectivity index (χ4v) is 1.66. The average molecular weight is 182 g/mol. The molecule has 1 aliphatic rings. The smallest absolute Gasteiger partial charge is 0.0889 e. The number of nitrogens with one attached hydrogen (secondary N) is 1. The van der Waals surface area contributed by atoms with Gasteiger partial charge in [-0.05, 0) is 19.9 Å². The van der Waals surface area contributed by atoms with E-state index in [-0.39, 0.29) is 12.1 Å². The van der Waals surface area contributed by atoms with Crippen LogP contribution in [0.15, 0.2) is 6.20 Å². The number of aryl methyl sites for hydroxylation is 1. The second-order valence-electron chi connectivity index (χ2n) is 3.47. The molecule has 5 heteroatoms. The molecule has 0 saturated carbocycles. The third-order valence-corrected chi connectivity index (χ3v) is 2.38. The summed E-state index contributed by atoms with van der Waals surface area (Å²) in [6.45, 7) is 3.47. The Bertz CT molecular complexity index is 285. The predicted octanol–water partition coefficient (Wildman–Crippen LogP) is -0.518. The van der Waals surface area contributed by atoms with E-state index < -0.39 is 0 Å². The molecular formula is C8H14N4O. The van der Waals surface area contributed by atoms with Gasteiger partial charge in [-0.2, -0.15) is 0 Å². The highest BCUT2D eigenvalue weighted by atomic mass is 16.3. The van der Waals surface area contributed by atoms with E-state index in [1.54, 1.807) is 4.68 Å². The highest BCUT2D eigenvalue weighted by molar-refractivity contribution is 4.91. The van der Waals surface area contributed by atoms with Gasteiger partial charge in [-0.1, -0.05) is 5.21 Å². The summed E-state index contributed by atoms with van der Waals surface area (Å²) in [5, 5.41) is 20.7. The van der Waals surface area contributed by atoms with Crippen molar-refractivity contribution >= 4 is 0 Å². The average Bonchev–Trinajstić information content (AvgIpc) is 2.53. The van der Waals surface area contributed by atoms with E-state index >= 15 is 0 Å². The molecular weight excluding hydrogens is 168 g/mol. The van der Waals surface area contributed by atoms with E-state index in [1.165, 1.54) is 0 Å². The molecule has 0 radical (unpaired) electrons. The molecule has 1 saturated heterocycles. The molecule has 0 aromatic carbocycles. The van der Waals surface area contributed by atoms with Crippen LogP contribution in [0.25, 0.3) is 0 Å². The first-order valence-corrected chi connectivity index (χ1v) is 4.54. The summed E-state index contributed by atoms with van der Waals surface area (Å²) in [5.74, 6) is 0. The normalized spacial score (nSPS) is 29.1. The van der Waals surface area contributed by atoms with Gasteiger partial charge >= 0.3 is 0 Å². The topological polar surface area (TPSA) is 63.0 Å². The van der Waals surface area contributed by atoms with Gasteiger partial charge in [-0.3, -0.25) is 0 Å². The van der Waals surface area contributed by atoms with Gasteiger partial charge in [0.15, 0.2) is 0 Å². The van der Waals surface area contributed by atoms with Crippen molar-refractivity contribution in [3.8, 4) is 0 Å². The molecule has 1 aliphatic heterocycles. The van der Waals surface area contributed by atoms with Gasteiger partial charge in [0.2, 0.25) is 0 Å². The molecule has 1 aromatic rings. The van der Waals surface area contributed by atoms with Crippen molar-refractivity contribution in [1.82, 2.24) is 20.3 Å². The lowest BCUT2D eigenvalue weighted by Gasteiger charge is -2.27. The first-order valence-electron chi connectivity index (χ1n) is 4.54. The lowest BCUT2D eigenvalue weighted by molar-refractivity contribution is 0.0800. The fourth-order valence-electron chi connectivity index (χ4n) is 1.66. The van der Waals surface area contributed by atoms with Crippen LogP contribution in [0.2, 0.25) is 0 Å². The summed E-state index contributed by atoms with van der Waals surface area (Å²) in [4.78, 5) is 0. The van der Waals surface area contributed by atoms with Gasteiger partial charge in [-0.15, -0.1) is 5.10 Å². The zero-order valence-corrected chi connectivity index (χ0v) is 7.64. The molecule has 72 valence electrons. The van der Waals surface area contributed by atoms with Crippen LogP contribution in [0.5, 0.6) is 0 Å². The molecule has 2 atom stereocenters. The lowest BCUT2D eigenvalue weighted by atomic mass is 10.0. The van der Waals surface area contributed by atoms with Crippen molar-refractivity contribution in [3.05, 3.63) is 11.9 Å². The number of rotatable bonds is 1. The summed E-state index contributed by atoms with van der Waals surface area (Å²) in [6, 6.07) is 0.0856. The maximum absolute atomic E-state index is 9.68. The molecule has 13 heavy (non-hydrogen) atoms. The Hall–Kier alpha value is -0.940. The number of hydrogen-bond acceptors (Lipinski definition) is 4. The summed E-state index contributed by atoms with van der Waals surface area (Å²) in [6.07, 6.45) is 2.43. The standard InChI is InChI=1S/C8H14N4O/c1-6-5-12(11-10-6)7-2-3-9-4-8(7)13/h5,7-9,13H,2-4H2,1H3/t7?,8-/m1/s1. The number of aliphatic hydroxyl groups excluding tert-OH is 1. The minimum Gasteiger partial charge on any atom is -0.390 e. The Labute approximate surface area is 76.8 Å². The van der Waals surface area contributed by atoms with Crippen molar-refractivity contribution in [1.29, 1.82) is 0 Å². The Morgan fingerprint density at radius 3 is 3.15 bits per heavy atom. The molecule has 2 N–H and O–H groups in total. The van der Waals surface area contributed by atoms with Crippen LogP contribution in [0.3, 0.4) is 0 Å². The number of aromatic nitrogens is 3. The van der Waals surface area contributed by atoms with Crippen LogP contribution in [0, 0.1) is 6.92 Å². The molecule has 0 aliphatic carbocycles. The summed E-state index contributed by atoms with van der Waals surface area (Å²) in [5.41, 5.74) is 0.894. The van der Waals surface area contributed by atoms with Crippen LogP contribution < -0.4 is 5.32 Å². The van der Waals surface area contributed by atoms with E-state index in [1.807, 2.05) is 13.1 Å². The highest BCUT2D eigenvalue weighted by Gasteiger charge is 2.24. The van der Waals surface area contributed by atoms with Gasteiger partial charge in [0.25, 0.3) is 0 Å². The Morgan fingerprint density at radius 1 is 1.69 bits per heavy atom. The van der Waals surface area contributed by atoms with Crippen LogP contribution in [0.1, 0.15) is 18.2 Å². The van der Waals surface area contributed by atoms with Crippen LogP contribution in [-0.2, 0) is 0 Å². The SMILES string of the molecule is Cc1cn(C2CCNC[C@H]2O)nn1. The van der Waals surface area contributed by atoms with E-state index in [2.05, 4.69) is 15.6 Å². The lowest BCUT2D eigenvalue weighted by Crippen LogP contribution is -2.41. The van der Waals surface area contributed by atoms with Crippen molar-refractivity contribution in [2.75, 3.05) is 13.1 Å². The van der Waals surface area contributed by atoms with Crippen LogP contribution in [0.4, 0.5) is 0 Å². The monoisotopic (exact) mass is 182 g/mol. The van der Waals surface area contributed by atoms with Crippen LogP contribution >= 0.6 is 0 Å². The third kappa shape index (κ3) is 1.71. The minimum atomic E-state index is -0.352. The Morgan fingerprint density at radius 2 is 2.54 bits per heavy atom. The number of piperidine rings is 1. The molecule has 0 spiro atoms.